The van der Waals surface area contributed by atoms with Crippen molar-refractivity contribution in [3.05, 3.63) is 0 Å². The third-order valence-corrected chi connectivity index (χ3v) is 1.75. The highest BCUT2D eigenvalue weighted by Gasteiger charge is 2.09. The quantitative estimate of drug-likeness (QED) is 0.655. The van der Waals surface area contributed by atoms with Crippen molar-refractivity contribution in [1.29, 1.82) is 0 Å². The van der Waals surface area contributed by atoms with Crippen molar-refractivity contribution >= 4 is 0 Å². The molecule has 1 nitrogen and oxygen atoms in total. The first-order valence-corrected chi connectivity index (χ1v) is 5.95. The van der Waals surface area contributed by atoms with Gasteiger partial charge in [0.25, 0.3) is 0 Å². The van der Waals surface area contributed by atoms with Crippen molar-refractivity contribution in [2.24, 2.45) is 5.92 Å². The van der Waals surface area contributed by atoms with E-state index in [2.05, 4.69) is 19.2 Å². The molecule has 1 saturated carbocycles. The number of hydrogen-bond donors (Lipinski definition) is 1. The van der Waals surface area contributed by atoms with Crippen LogP contribution in [0.1, 0.15) is 60.8 Å². The van der Waals surface area contributed by atoms with Crippen LogP contribution in [0.5, 0.6) is 0 Å². The first-order chi connectivity index (χ1) is 6.31. The molecule has 0 heterocycles. The highest BCUT2D eigenvalue weighted by Crippen LogP contribution is 2.24. The SMILES string of the molecule is CC.CC.CC1CCC1.CCNC. The molecule has 0 atom stereocenters. The van der Waals surface area contributed by atoms with Gasteiger partial charge in [-0.15, -0.1) is 0 Å². The molecular formula is C12H31N. The molecule has 0 saturated heterocycles. The lowest BCUT2D eigenvalue weighted by Crippen LogP contribution is -2.04. The van der Waals surface area contributed by atoms with Gasteiger partial charge in [-0.2, -0.15) is 0 Å². The lowest BCUT2D eigenvalue weighted by atomic mass is 9.88. The van der Waals surface area contributed by atoms with Crippen molar-refractivity contribution < 1.29 is 0 Å². The molecule has 1 fully saturated rings. The predicted octanol–water partition coefficient (Wildman–Crippen LogP) is 4.08. The van der Waals surface area contributed by atoms with E-state index in [1.807, 2.05) is 34.7 Å². The number of rotatable bonds is 1. The standard InChI is InChI=1S/C5H10.C3H9N.2C2H6/c1-5-3-2-4-5;1-3-4-2;2*1-2/h5H,2-4H2,1H3;4H,3H2,1-2H3;2*1-2H3. The van der Waals surface area contributed by atoms with E-state index in [0.717, 1.165) is 12.5 Å². The van der Waals surface area contributed by atoms with E-state index in [9.17, 15) is 0 Å². The highest BCUT2D eigenvalue weighted by atomic mass is 14.8. The largest absolute Gasteiger partial charge is 0.320 e. The van der Waals surface area contributed by atoms with Crippen LogP contribution in [0.2, 0.25) is 0 Å². The van der Waals surface area contributed by atoms with Crippen LogP contribution in [0.4, 0.5) is 0 Å². The Morgan fingerprint density at radius 1 is 1.08 bits per heavy atom. The molecule has 0 radical (unpaired) electrons. The molecule has 1 aliphatic carbocycles. The van der Waals surface area contributed by atoms with E-state index < -0.39 is 0 Å². The smallest absolute Gasteiger partial charge is 0.00804 e. The van der Waals surface area contributed by atoms with Gasteiger partial charge in [0.05, 0.1) is 0 Å². The second-order valence-electron chi connectivity index (χ2n) is 2.74. The molecule has 1 N–H and O–H groups in total. The van der Waals surface area contributed by atoms with Crippen molar-refractivity contribution in [3.8, 4) is 0 Å². The van der Waals surface area contributed by atoms with Crippen LogP contribution < -0.4 is 5.32 Å². The minimum atomic E-state index is 1.06. The van der Waals surface area contributed by atoms with E-state index in [0.29, 0.717) is 0 Å². The van der Waals surface area contributed by atoms with Gasteiger partial charge in [-0.25, -0.2) is 0 Å². The minimum Gasteiger partial charge on any atom is -0.320 e. The molecule has 84 valence electrons. The highest BCUT2D eigenvalue weighted by molar-refractivity contribution is 4.62. The number of nitrogens with one attached hydrogen (secondary N) is 1. The summed E-state index contributed by atoms with van der Waals surface area (Å²) in [5.74, 6) is 1.06. The van der Waals surface area contributed by atoms with E-state index >= 15 is 0 Å². The molecule has 1 aliphatic rings. The fraction of sp³-hybridized carbons (Fsp3) is 1.00. The summed E-state index contributed by atoms with van der Waals surface area (Å²) in [7, 11) is 1.93. The topological polar surface area (TPSA) is 12.0 Å². The Morgan fingerprint density at radius 3 is 1.31 bits per heavy atom. The van der Waals surface area contributed by atoms with E-state index in [-0.39, 0.29) is 0 Å². The summed E-state index contributed by atoms with van der Waals surface area (Å²) in [5.41, 5.74) is 0. The molecule has 1 rings (SSSR count). The van der Waals surface area contributed by atoms with Gasteiger partial charge in [0.15, 0.2) is 0 Å². The Bertz CT molecular complexity index is 47.1. The molecule has 0 aromatic heterocycles. The van der Waals surface area contributed by atoms with Crippen LogP contribution in [-0.2, 0) is 0 Å². The summed E-state index contributed by atoms with van der Waals surface area (Å²) in [6.45, 7) is 13.4. The molecule has 0 spiro atoms. The van der Waals surface area contributed by atoms with Crippen LogP contribution in [0, 0.1) is 5.92 Å². The summed E-state index contributed by atoms with van der Waals surface area (Å²) in [5, 5.41) is 2.93. The van der Waals surface area contributed by atoms with Crippen LogP contribution >= 0.6 is 0 Å². The Balaban J connectivity index is -0.000000114. The van der Waals surface area contributed by atoms with Gasteiger partial charge < -0.3 is 5.32 Å². The first kappa shape index (κ1) is 18.7. The van der Waals surface area contributed by atoms with Crippen LogP contribution in [0.3, 0.4) is 0 Å². The zero-order valence-corrected chi connectivity index (χ0v) is 10.9. The van der Waals surface area contributed by atoms with Crippen LogP contribution in [0.25, 0.3) is 0 Å². The molecule has 0 aliphatic heterocycles. The minimum absolute atomic E-state index is 1.06. The van der Waals surface area contributed by atoms with Crippen molar-refractivity contribution in [3.63, 3.8) is 0 Å². The summed E-state index contributed by atoms with van der Waals surface area (Å²) in [4.78, 5) is 0. The molecule has 0 aromatic rings. The third-order valence-electron chi connectivity index (χ3n) is 1.75. The van der Waals surface area contributed by atoms with E-state index in [4.69, 9.17) is 0 Å². The second-order valence-corrected chi connectivity index (χ2v) is 2.74. The summed E-state index contributed by atoms with van der Waals surface area (Å²) in [6, 6.07) is 0. The maximum atomic E-state index is 2.93. The van der Waals surface area contributed by atoms with E-state index in [1.165, 1.54) is 19.3 Å². The van der Waals surface area contributed by atoms with Gasteiger partial charge in [-0.3, -0.25) is 0 Å². The lowest BCUT2D eigenvalue weighted by Gasteiger charge is -2.18. The number of hydrogen-bond acceptors (Lipinski definition) is 1. The maximum absolute atomic E-state index is 2.93. The Hall–Kier alpha value is -0.0400. The van der Waals surface area contributed by atoms with Gasteiger partial charge in [-0.1, -0.05) is 60.8 Å². The predicted molar refractivity (Wildman–Crippen MR) is 65.3 cm³/mol. The van der Waals surface area contributed by atoms with Gasteiger partial charge in [0.1, 0.15) is 0 Å². The molecule has 0 bridgehead atoms. The molecule has 0 amide bonds. The normalized spacial score (nSPS) is 13.2. The molecule has 0 aromatic carbocycles. The van der Waals surface area contributed by atoms with Gasteiger partial charge in [-0.05, 0) is 19.5 Å². The van der Waals surface area contributed by atoms with Crippen LogP contribution in [0.15, 0.2) is 0 Å². The van der Waals surface area contributed by atoms with Gasteiger partial charge in [0, 0.05) is 0 Å². The average Bonchev–Trinajstić information content (AvgIpc) is 2.21. The van der Waals surface area contributed by atoms with Crippen molar-refractivity contribution in [2.75, 3.05) is 13.6 Å². The zero-order chi connectivity index (χ0) is 11.1. The molecule has 1 heteroatoms. The summed E-state index contributed by atoms with van der Waals surface area (Å²) < 4.78 is 0. The summed E-state index contributed by atoms with van der Waals surface area (Å²) in [6.07, 6.45) is 4.46. The van der Waals surface area contributed by atoms with Gasteiger partial charge >= 0.3 is 0 Å². The fourth-order valence-electron chi connectivity index (χ4n) is 0.612. The van der Waals surface area contributed by atoms with Crippen LogP contribution in [-0.4, -0.2) is 13.6 Å². The molecule has 0 unspecified atom stereocenters. The monoisotopic (exact) mass is 189 g/mol. The lowest BCUT2D eigenvalue weighted by molar-refractivity contribution is 0.346. The Morgan fingerprint density at radius 2 is 1.31 bits per heavy atom. The Labute approximate surface area is 86.3 Å². The van der Waals surface area contributed by atoms with E-state index in [1.54, 1.807) is 0 Å². The van der Waals surface area contributed by atoms with Crippen molar-refractivity contribution in [1.82, 2.24) is 5.32 Å². The van der Waals surface area contributed by atoms with Crippen molar-refractivity contribution in [2.45, 2.75) is 60.8 Å². The fourth-order valence-corrected chi connectivity index (χ4v) is 0.612. The second kappa shape index (κ2) is 22.7. The molecule has 13 heavy (non-hydrogen) atoms. The molecular weight excluding hydrogens is 158 g/mol. The first-order valence-electron chi connectivity index (χ1n) is 5.95. The average molecular weight is 189 g/mol. The maximum Gasteiger partial charge on any atom is -0.00804 e. The Kier molecular flexibility index (Phi) is 32.6. The zero-order valence-electron chi connectivity index (χ0n) is 10.9. The third kappa shape index (κ3) is 24.5. The van der Waals surface area contributed by atoms with Gasteiger partial charge in [0.2, 0.25) is 0 Å². The summed E-state index contributed by atoms with van der Waals surface area (Å²) >= 11 is 0.